The zero-order valence-corrected chi connectivity index (χ0v) is 16.2. The number of pyridine rings is 2. The molecule has 2 N–H and O–H groups in total. The highest BCUT2D eigenvalue weighted by atomic mass is 19.1. The quantitative estimate of drug-likeness (QED) is 0.414. The third-order valence-corrected chi connectivity index (χ3v) is 5.34. The largest absolute Gasteiger partial charge is 0.321 e. The standard InChI is InChI=1S/C24H15FN6/c25-17-4-1-15(2-5-17)18-9-12-27-23-21(18)28-24(29-23)22-19-13-16(3-6-20(19)30-31-22)14-7-10-26-11-8-14/h1-13H,(H,30,31)(H,27,28,29). The molecule has 31 heavy (non-hydrogen) atoms. The van der Waals surface area contributed by atoms with Gasteiger partial charge in [0.15, 0.2) is 11.5 Å². The number of fused-ring (bicyclic) bond motifs is 2. The first-order chi connectivity index (χ1) is 15.3. The van der Waals surface area contributed by atoms with Gasteiger partial charge in [0.25, 0.3) is 0 Å². The number of halogens is 1. The van der Waals surface area contributed by atoms with E-state index in [-0.39, 0.29) is 5.82 Å². The molecule has 4 aromatic heterocycles. The highest BCUT2D eigenvalue weighted by molar-refractivity contribution is 5.97. The Balaban J connectivity index is 1.51. The Morgan fingerprint density at radius 2 is 1.58 bits per heavy atom. The third kappa shape index (κ3) is 2.95. The molecule has 0 fully saturated rings. The minimum absolute atomic E-state index is 0.273. The Morgan fingerprint density at radius 3 is 2.42 bits per heavy atom. The van der Waals surface area contributed by atoms with Crippen molar-refractivity contribution in [1.29, 1.82) is 0 Å². The normalized spacial score (nSPS) is 11.4. The number of H-pyrrole nitrogens is 2. The van der Waals surface area contributed by atoms with Crippen LogP contribution in [0.25, 0.3) is 55.8 Å². The molecule has 0 saturated carbocycles. The number of imidazole rings is 1. The van der Waals surface area contributed by atoms with Crippen molar-refractivity contribution in [2.24, 2.45) is 0 Å². The molecule has 0 atom stereocenters. The van der Waals surface area contributed by atoms with Crippen LogP contribution in [0.3, 0.4) is 0 Å². The minimum atomic E-state index is -0.273. The molecule has 0 amide bonds. The molecule has 6 rings (SSSR count). The van der Waals surface area contributed by atoms with Crippen LogP contribution in [-0.4, -0.2) is 30.1 Å². The van der Waals surface area contributed by atoms with E-state index in [1.54, 1.807) is 30.7 Å². The van der Waals surface area contributed by atoms with Crippen molar-refractivity contribution in [2.45, 2.75) is 0 Å². The van der Waals surface area contributed by atoms with Crippen LogP contribution in [0.1, 0.15) is 0 Å². The number of nitrogens with zero attached hydrogens (tertiary/aromatic N) is 4. The summed E-state index contributed by atoms with van der Waals surface area (Å²) in [4.78, 5) is 16.6. The molecule has 2 aromatic carbocycles. The number of aromatic amines is 2. The summed E-state index contributed by atoms with van der Waals surface area (Å²) >= 11 is 0. The summed E-state index contributed by atoms with van der Waals surface area (Å²) < 4.78 is 13.4. The summed E-state index contributed by atoms with van der Waals surface area (Å²) in [5.41, 5.74) is 6.90. The van der Waals surface area contributed by atoms with Crippen LogP contribution in [-0.2, 0) is 0 Å². The molecule has 0 radical (unpaired) electrons. The van der Waals surface area contributed by atoms with Gasteiger partial charge in [-0.3, -0.25) is 10.1 Å². The summed E-state index contributed by atoms with van der Waals surface area (Å²) in [6, 6.07) is 18.3. The van der Waals surface area contributed by atoms with Crippen LogP contribution in [0.5, 0.6) is 0 Å². The molecule has 0 aliphatic heterocycles. The smallest absolute Gasteiger partial charge is 0.160 e. The van der Waals surface area contributed by atoms with Crippen LogP contribution in [0.4, 0.5) is 4.39 Å². The lowest BCUT2D eigenvalue weighted by atomic mass is 10.0. The maximum atomic E-state index is 13.4. The SMILES string of the molecule is Fc1ccc(-c2ccnc3[nH]c(-c4n[nH]c5ccc(-c6ccncc6)cc45)nc23)cc1. The maximum Gasteiger partial charge on any atom is 0.160 e. The molecule has 0 unspecified atom stereocenters. The van der Waals surface area contributed by atoms with E-state index in [9.17, 15) is 4.39 Å². The van der Waals surface area contributed by atoms with Gasteiger partial charge in [-0.2, -0.15) is 5.10 Å². The average Bonchev–Trinajstić information content (AvgIpc) is 3.43. The van der Waals surface area contributed by atoms with E-state index < -0.39 is 0 Å². The summed E-state index contributed by atoms with van der Waals surface area (Å²) in [6.07, 6.45) is 5.27. The third-order valence-electron chi connectivity index (χ3n) is 5.34. The summed E-state index contributed by atoms with van der Waals surface area (Å²) in [6.45, 7) is 0. The first kappa shape index (κ1) is 17.5. The van der Waals surface area contributed by atoms with Crippen molar-refractivity contribution in [1.82, 2.24) is 30.1 Å². The molecule has 0 spiro atoms. The number of nitrogens with one attached hydrogen (secondary N) is 2. The van der Waals surface area contributed by atoms with E-state index in [0.717, 1.165) is 33.2 Å². The fourth-order valence-corrected chi connectivity index (χ4v) is 3.80. The monoisotopic (exact) mass is 406 g/mol. The highest BCUT2D eigenvalue weighted by Crippen LogP contribution is 2.32. The number of rotatable bonds is 3. The second-order valence-electron chi connectivity index (χ2n) is 7.22. The van der Waals surface area contributed by atoms with Crippen LogP contribution < -0.4 is 0 Å². The van der Waals surface area contributed by atoms with Gasteiger partial charge < -0.3 is 4.98 Å². The minimum Gasteiger partial charge on any atom is -0.321 e. The summed E-state index contributed by atoms with van der Waals surface area (Å²) in [5.74, 6) is 0.347. The van der Waals surface area contributed by atoms with Gasteiger partial charge in [-0.1, -0.05) is 18.2 Å². The molecule has 0 aliphatic rings. The maximum absolute atomic E-state index is 13.4. The van der Waals surface area contributed by atoms with Gasteiger partial charge in [0.05, 0.1) is 5.52 Å². The van der Waals surface area contributed by atoms with Crippen LogP contribution in [0.2, 0.25) is 0 Å². The van der Waals surface area contributed by atoms with E-state index >= 15 is 0 Å². The molecule has 6 aromatic rings. The Kier molecular flexibility index (Phi) is 3.86. The lowest BCUT2D eigenvalue weighted by Gasteiger charge is -2.02. The zero-order chi connectivity index (χ0) is 20.8. The topological polar surface area (TPSA) is 83.1 Å². The number of hydrogen-bond acceptors (Lipinski definition) is 4. The Labute approximate surface area is 175 Å². The second-order valence-corrected chi connectivity index (χ2v) is 7.22. The van der Waals surface area contributed by atoms with Crippen LogP contribution in [0, 0.1) is 5.82 Å². The van der Waals surface area contributed by atoms with Crippen LogP contribution >= 0.6 is 0 Å². The second kappa shape index (κ2) is 6.84. The zero-order valence-electron chi connectivity index (χ0n) is 16.2. The lowest BCUT2D eigenvalue weighted by molar-refractivity contribution is 0.628. The Hall–Kier alpha value is -4.39. The molecular formula is C24H15FN6. The summed E-state index contributed by atoms with van der Waals surface area (Å²) in [7, 11) is 0. The highest BCUT2D eigenvalue weighted by Gasteiger charge is 2.16. The molecule has 0 saturated heterocycles. The van der Waals surface area contributed by atoms with Gasteiger partial charge in [0, 0.05) is 29.5 Å². The van der Waals surface area contributed by atoms with Gasteiger partial charge in [0.2, 0.25) is 0 Å². The van der Waals surface area contributed by atoms with Crippen molar-refractivity contribution < 1.29 is 4.39 Å². The first-order valence-corrected chi connectivity index (χ1v) is 9.76. The predicted octanol–water partition coefficient (Wildman–Crippen LogP) is 5.37. The molecule has 148 valence electrons. The summed E-state index contributed by atoms with van der Waals surface area (Å²) in [5, 5.41) is 8.53. The van der Waals surface area contributed by atoms with Crippen molar-refractivity contribution in [3.05, 3.63) is 85.1 Å². The number of hydrogen-bond donors (Lipinski definition) is 2. The number of aromatic nitrogens is 6. The van der Waals surface area contributed by atoms with E-state index in [1.807, 2.05) is 30.3 Å². The average molecular weight is 406 g/mol. The molecule has 7 heteroatoms. The molecule has 0 bridgehead atoms. The van der Waals surface area contributed by atoms with Crippen LogP contribution in [0.15, 0.2) is 79.3 Å². The van der Waals surface area contributed by atoms with E-state index in [0.29, 0.717) is 22.7 Å². The Morgan fingerprint density at radius 1 is 0.774 bits per heavy atom. The van der Waals surface area contributed by atoms with Gasteiger partial charge >= 0.3 is 0 Å². The molecule has 0 aliphatic carbocycles. The molecule has 4 heterocycles. The fourth-order valence-electron chi connectivity index (χ4n) is 3.80. The van der Waals surface area contributed by atoms with E-state index in [2.05, 4.69) is 31.2 Å². The van der Waals surface area contributed by atoms with E-state index in [4.69, 9.17) is 4.98 Å². The van der Waals surface area contributed by atoms with Crippen molar-refractivity contribution >= 4 is 22.1 Å². The van der Waals surface area contributed by atoms with Gasteiger partial charge in [-0.15, -0.1) is 0 Å². The van der Waals surface area contributed by atoms with E-state index in [1.165, 1.54) is 12.1 Å². The Bertz CT molecular complexity index is 1530. The molecule has 6 nitrogen and oxygen atoms in total. The number of benzene rings is 2. The van der Waals surface area contributed by atoms with Crippen molar-refractivity contribution in [3.8, 4) is 33.8 Å². The van der Waals surface area contributed by atoms with Gasteiger partial charge in [-0.05, 0) is 59.2 Å². The van der Waals surface area contributed by atoms with Crippen molar-refractivity contribution in [3.63, 3.8) is 0 Å². The molecular weight excluding hydrogens is 391 g/mol. The fraction of sp³-hybridized carbons (Fsp3) is 0. The lowest BCUT2D eigenvalue weighted by Crippen LogP contribution is -1.84. The van der Waals surface area contributed by atoms with Crippen molar-refractivity contribution in [2.75, 3.05) is 0 Å². The predicted molar refractivity (Wildman–Crippen MR) is 118 cm³/mol. The van der Waals surface area contributed by atoms with Gasteiger partial charge in [0.1, 0.15) is 17.0 Å². The van der Waals surface area contributed by atoms with Gasteiger partial charge in [-0.25, -0.2) is 14.4 Å². The first-order valence-electron chi connectivity index (χ1n) is 9.76.